The second-order valence-electron chi connectivity index (χ2n) is 11.6. The lowest BCUT2D eigenvalue weighted by molar-refractivity contribution is -0.149. The molecule has 17 nitrogen and oxygen atoms in total. The predicted octanol–water partition coefficient (Wildman–Crippen LogP) is 2.54. The molecule has 0 bridgehead atoms. The highest BCUT2D eigenvalue weighted by atomic mass is 16.6. The minimum atomic E-state index is -0.776. The number of nitrogens with zero attached hydrogens (tertiary/aromatic N) is 5. The van der Waals surface area contributed by atoms with E-state index < -0.39 is 42.3 Å². The van der Waals surface area contributed by atoms with Gasteiger partial charge in [-0.15, -0.1) is 0 Å². The Balaban J connectivity index is 1.73. The van der Waals surface area contributed by atoms with Gasteiger partial charge >= 0.3 is 18.2 Å². The Morgan fingerprint density at radius 2 is 1.67 bits per heavy atom. The van der Waals surface area contributed by atoms with Crippen molar-refractivity contribution in [3.05, 3.63) is 48.5 Å². The molecule has 0 aliphatic rings. The molecule has 1 atom stereocenters. The highest BCUT2D eigenvalue weighted by Crippen LogP contribution is 2.18. The summed E-state index contributed by atoms with van der Waals surface area (Å²) in [5.41, 5.74) is 0.497. The maximum atomic E-state index is 13.7. The van der Waals surface area contributed by atoms with E-state index in [0.29, 0.717) is 13.2 Å². The van der Waals surface area contributed by atoms with Crippen LogP contribution in [0, 0.1) is 0 Å². The Kier molecular flexibility index (Phi) is 15.6. The van der Waals surface area contributed by atoms with Crippen molar-refractivity contribution in [2.45, 2.75) is 52.5 Å². The number of esters is 1. The fourth-order valence-electron chi connectivity index (χ4n) is 4.27. The number of anilines is 1. The number of alkyl carbamates (subject to hydrolysis) is 1. The maximum Gasteiger partial charge on any atom is 0.413 e. The number of ether oxygens (including phenoxy) is 6. The van der Waals surface area contributed by atoms with E-state index in [1.165, 1.54) is 22.1 Å². The third-order valence-corrected chi connectivity index (χ3v) is 6.40. The number of carbonyl (C=O) groups excluding carboxylic acids is 4. The number of benzene rings is 1. The fraction of sp³-hybridized carbons (Fsp3) is 0.531. The van der Waals surface area contributed by atoms with E-state index >= 15 is 0 Å². The van der Waals surface area contributed by atoms with Crippen LogP contribution in [-0.2, 0) is 51.2 Å². The summed E-state index contributed by atoms with van der Waals surface area (Å²) in [4.78, 5) is 65.3. The molecule has 3 amide bonds. The number of hydrogen-bond donors (Lipinski definition) is 2. The van der Waals surface area contributed by atoms with Crippen LogP contribution in [0.1, 0.15) is 33.3 Å². The second kappa shape index (κ2) is 19.8. The molecule has 0 saturated carbocycles. The Bertz CT molecular complexity index is 1500. The van der Waals surface area contributed by atoms with Gasteiger partial charge in [-0.25, -0.2) is 24.5 Å². The van der Waals surface area contributed by atoms with Gasteiger partial charge in [-0.2, -0.15) is 0 Å². The van der Waals surface area contributed by atoms with Crippen LogP contribution in [0.25, 0.3) is 11.2 Å². The van der Waals surface area contributed by atoms with Gasteiger partial charge in [0, 0.05) is 13.7 Å². The van der Waals surface area contributed by atoms with Crippen molar-refractivity contribution >= 4 is 41.0 Å². The van der Waals surface area contributed by atoms with Crippen LogP contribution in [0.2, 0.25) is 0 Å². The molecule has 1 aromatic carbocycles. The van der Waals surface area contributed by atoms with Crippen molar-refractivity contribution in [3.8, 4) is 0 Å². The van der Waals surface area contributed by atoms with Crippen molar-refractivity contribution < 1.29 is 47.6 Å². The van der Waals surface area contributed by atoms with Crippen LogP contribution in [0.5, 0.6) is 0 Å². The molecule has 0 radical (unpaired) electrons. The van der Waals surface area contributed by atoms with E-state index in [1.807, 2.05) is 30.3 Å². The number of fused-ring (bicyclic) bond motifs is 1. The molecule has 0 unspecified atom stereocenters. The summed E-state index contributed by atoms with van der Waals surface area (Å²) in [7, 11) is 1.57. The average molecular weight is 688 g/mol. The smallest absolute Gasteiger partial charge is 0.413 e. The maximum absolute atomic E-state index is 13.7. The van der Waals surface area contributed by atoms with E-state index in [1.54, 1.807) is 34.8 Å². The molecule has 2 heterocycles. The van der Waals surface area contributed by atoms with Crippen LogP contribution in [0.3, 0.4) is 0 Å². The molecule has 0 saturated heterocycles. The Morgan fingerprint density at radius 1 is 0.939 bits per heavy atom. The first-order valence-electron chi connectivity index (χ1n) is 15.7. The Labute approximate surface area is 284 Å². The van der Waals surface area contributed by atoms with Gasteiger partial charge in [0.25, 0.3) is 0 Å². The Morgan fingerprint density at radius 3 is 2.39 bits per heavy atom. The molecule has 0 aliphatic heterocycles. The van der Waals surface area contributed by atoms with Gasteiger partial charge in [-0.3, -0.25) is 14.9 Å². The van der Waals surface area contributed by atoms with Crippen molar-refractivity contribution in [2.75, 3.05) is 65.2 Å². The van der Waals surface area contributed by atoms with Crippen molar-refractivity contribution in [2.24, 2.45) is 0 Å². The minimum Gasteiger partial charge on any atom is -0.465 e. The van der Waals surface area contributed by atoms with Gasteiger partial charge in [0.1, 0.15) is 31.6 Å². The number of nitrogens with one attached hydrogen (secondary N) is 2. The quantitative estimate of drug-likeness (QED) is 0.106. The van der Waals surface area contributed by atoms with Gasteiger partial charge < -0.3 is 43.2 Å². The highest BCUT2D eigenvalue weighted by molar-refractivity contribution is 5.93. The molecular weight excluding hydrogens is 642 g/mol. The number of aromatic nitrogens is 4. The monoisotopic (exact) mass is 687 g/mol. The SMILES string of the molecule is CCOC(=O)CN(C[C@H](COCCOCCOC)NC(=O)OC(C)(C)C)C(=O)Cn1cnc2c(NC(=O)OCc3ccccc3)ncnc21. The van der Waals surface area contributed by atoms with Gasteiger partial charge in [0.15, 0.2) is 17.0 Å². The lowest BCUT2D eigenvalue weighted by atomic mass is 10.2. The van der Waals surface area contributed by atoms with Crippen LogP contribution in [0.4, 0.5) is 15.4 Å². The van der Waals surface area contributed by atoms with E-state index in [9.17, 15) is 19.2 Å². The summed E-state index contributed by atoms with van der Waals surface area (Å²) in [6.45, 7) is 7.47. The van der Waals surface area contributed by atoms with E-state index in [4.69, 9.17) is 28.4 Å². The fourth-order valence-corrected chi connectivity index (χ4v) is 4.27. The molecule has 0 spiro atoms. The van der Waals surface area contributed by atoms with E-state index in [-0.39, 0.29) is 63.1 Å². The molecule has 0 fully saturated rings. The largest absolute Gasteiger partial charge is 0.465 e. The first-order valence-corrected chi connectivity index (χ1v) is 15.7. The molecule has 2 N–H and O–H groups in total. The number of amides is 3. The lowest BCUT2D eigenvalue weighted by Crippen LogP contribution is -2.51. The topological polar surface area (TPSA) is 195 Å². The zero-order valence-corrected chi connectivity index (χ0v) is 28.5. The van der Waals surface area contributed by atoms with Gasteiger partial charge in [0.05, 0.1) is 52.0 Å². The third-order valence-electron chi connectivity index (χ3n) is 6.40. The number of imidazole rings is 1. The van der Waals surface area contributed by atoms with Crippen LogP contribution in [-0.4, -0.2) is 120 Å². The van der Waals surface area contributed by atoms with Gasteiger partial charge in [-0.05, 0) is 33.3 Å². The molecule has 2 aromatic heterocycles. The zero-order chi connectivity index (χ0) is 35.6. The molecule has 0 aliphatic carbocycles. The molecule has 49 heavy (non-hydrogen) atoms. The van der Waals surface area contributed by atoms with Crippen LogP contribution in [0.15, 0.2) is 43.0 Å². The number of carbonyl (C=O) groups is 4. The molecule has 3 rings (SSSR count). The summed E-state index contributed by atoms with van der Waals surface area (Å²) in [5.74, 6) is -1.07. The summed E-state index contributed by atoms with van der Waals surface area (Å²) >= 11 is 0. The molecule has 3 aromatic rings. The molecule has 268 valence electrons. The van der Waals surface area contributed by atoms with Crippen molar-refractivity contribution in [3.63, 3.8) is 0 Å². The standard InChI is InChI=1S/C32H45N7O10/c1-6-47-26(41)18-38(16-24(36-31(43)49-32(2,3)4)20-46-15-14-45-13-12-44-5)25(40)17-39-22-35-27-28(33-21-34-29(27)39)37-30(42)48-19-23-10-8-7-9-11-23/h7-11,21-22,24H,6,12-20H2,1-5H3,(H,36,43)(H,33,34,37,42)/t24-/m1/s1. The second-order valence-corrected chi connectivity index (χ2v) is 11.6. The highest BCUT2D eigenvalue weighted by Gasteiger charge is 2.26. The summed E-state index contributed by atoms with van der Waals surface area (Å²) in [6.07, 6.45) is 1.11. The average Bonchev–Trinajstić information content (AvgIpc) is 3.46. The number of hydrogen-bond acceptors (Lipinski definition) is 13. The number of methoxy groups -OCH3 is 1. The van der Waals surface area contributed by atoms with Gasteiger partial charge in [0.2, 0.25) is 5.91 Å². The van der Waals surface area contributed by atoms with E-state index in [0.717, 1.165) is 5.56 Å². The van der Waals surface area contributed by atoms with Crippen LogP contribution < -0.4 is 10.6 Å². The first kappa shape index (κ1) is 38.6. The molecular formula is C32H45N7O10. The zero-order valence-electron chi connectivity index (χ0n) is 28.5. The predicted molar refractivity (Wildman–Crippen MR) is 175 cm³/mol. The first-order chi connectivity index (χ1) is 23.5. The van der Waals surface area contributed by atoms with Crippen molar-refractivity contribution in [1.29, 1.82) is 0 Å². The Hall–Kier alpha value is -4.87. The lowest BCUT2D eigenvalue weighted by Gasteiger charge is -2.29. The summed E-state index contributed by atoms with van der Waals surface area (Å²) < 4.78 is 33.3. The van der Waals surface area contributed by atoms with Gasteiger partial charge in [-0.1, -0.05) is 30.3 Å². The van der Waals surface area contributed by atoms with Crippen molar-refractivity contribution in [1.82, 2.24) is 29.7 Å². The third kappa shape index (κ3) is 14.0. The molecule has 17 heteroatoms. The van der Waals surface area contributed by atoms with Crippen LogP contribution >= 0.6 is 0 Å². The van der Waals surface area contributed by atoms with E-state index in [2.05, 4.69) is 25.6 Å². The summed E-state index contributed by atoms with van der Waals surface area (Å²) in [5, 5.41) is 5.28. The summed E-state index contributed by atoms with van der Waals surface area (Å²) in [6, 6.07) is 8.40. The normalized spacial score (nSPS) is 11.9. The minimum absolute atomic E-state index is 0.0177. The number of rotatable bonds is 19.